The molecule has 8 heteroatoms. The lowest BCUT2D eigenvalue weighted by Crippen LogP contribution is -2.05. The van der Waals surface area contributed by atoms with E-state index in [0.717, 1.165) is 110 Å². The van der Waals surface area contributed by atoms with Crippen LogP contribution in [0.1, 0.15) is 22.3 Å². The van der Waals surface area contributed by atoms with Gasteiger partial charge in [0.2, 0.25) is 0 Å². The zero-order chi connectivity index (χ0) is 48.5. The van der Waals surface area contributed by atoms with Crippen molar-refractivity contribution in [3.8, 4) is 47.0 Å². The van der Waals surface area contributed by atoms with Crippen molar-refractivity contribution >= 4 is 87.2 Å². The van der Waals surface area contributed by atoms with Gasteiger partial charge in [-0.3, -0.25) is 0 Å². The summed E-state index contributed by atoms with van der Waals surface area (Å²) in [4.78, 5) is 0. The second kappa shape index (κ2) is 16.6. The van der Waals surface area contributed by atoms with Gasteiger partial charge in [-0.2, -0.15) is 21.0 Å². The molecule has 0 fully saturated rings. The molecular formula is C64H36N8. The van der Waals surface area contributed by atoms with Crippen LogP contribution in [0.3, 0.4) is 0 Å². The topological polar surface area (TPSA) is 115 Å². The molecule has 4 heterocycles. The normalized spacial score (nSPS) is 11.3. The third-order valence-corrected chi connectivity index (χ3v) is 14.0. The number of hydrogen-bond donors (Lipinski definition) is 0. The number of rotatable bonds is 4. The van der Waals surface area contributed by atoms with E-state index in [4.69, 9.17) is 0 Å². The first-order valence-corrected chi connectivity index (χ1v) is 23.5. The Labute approximate surface area is 412 Å². The summed E-state index contributed by atoms with van der Waals surface area (Å²) in [6, 6.07) is 83.0. The molecule has 0 unspecified atom stereocenters. The third kappa shape index (κ3) is 6.15. The standard InChI is InChI=1S/2C32H18N4/c2*33-19-21-17-31(35-27-13-5-1-9-23(27)24-10-2-6-14-28(24)35)32(18-22(21)20-34)36-29-15-7-3-11-25(29)26-12-4-8-16-30(26)36/h2*1-18H. The average Bonchev–Trinajstić information content (AvgIpc) is 4.18. The van der Waals surface area contributed by atoms with E-state index in [9.17, 15) is 21.0 Å². The minimum Gasteiger partial charge on any atom is -0.307 e. The van der Waals surface area contributed by atoms with Crippen LogP contribution in [0.15, 0.2) is 218 Å². The first-order valence-electron chi connectivity index (χ1n) is 23.5. The van der Waals surface area contributed by atoms with Gasteiger partial charge in [-0.1, -0.05) is 146 Å². The Balaban J connectivity index is 0.000000140. The van der Waals surface area contributed by atoms with E-state index in [-0.39, 0.29) is 0 Å². The van der Waals surface area contributed by atoms with E-state index in [0.29, 0.717) is 22.3 Å². The van der Waals surface area contributed by atoms with Crippen LogP contribution >= 0.6 is 0 Å². The van der Waals surface area contributed by atoms with E-state index in [1.807, 2.05) is 121 Å². The number of nitriles is 4. The van der Waals surface area contributed by atoms with Gasteiger partial charge in [0.15, 0.2) is 0 Å². The van der Waals surface area contributed by atoms with Crippen LogP contribution in [0.5, 0.6) is 0 Å². The fourth-order valence-electron chi connectivity index (χ4n) is 11.0. The second-order valence-electron chi connectivity index (χ2n) is 17.7. The van der Waals surface area contributed by atoms with Crippen molar-refractivity contribution in [1.29, 1.82) is 21.0 Å². The van der Waals surface area contributed by atoms with Crippen LogP contribution in [0.4, 0.5) is 0 Å². The van der Waals surface area contributed by atoms with Gasteiger partial charge in [0.25, 0.3) is 0 Å². The predicted octanol–water partition coefficient (Wildman–Crippen LogP) is 15.2. The molecule has 14 aromatic rings. The van der Waals surface area contributed by atoms with Crippen LogP contribution in [0.2, 0.25) is 0 Å². The largest absolute Gasteiger partial charge is 0.307 e. The van der Waals surface area contributed by atoms with Crippen LogP contribution < -0.4 is 0 Å². The molecular weight excluding hydrogens is 881 g/mol. The molecule has 0 N–H and O–H groups in total. The van der Waals surface area contributed by atoms with Gasteiger partial charge in [-0.05, 0) is 72.8 Å². The Morgan fingerprint density at radius 2 is 0.347 bits per heavy atom. The molecule has 72 heavy (non-hydrogen) atoms. The summed E-state index contributed by atoms with van der Waals surface area (Å²) >= 11 is 0. The second-order valence-corrected chi connectivity index (χ2v) is 17.7. The van der Waals surface area contributed by atoms with E-state index in [2.05, 4.69) is 140 Å². The van der Waals surface area contributed by atoms with Gasteiger partial charge >= 0.3 is 0 Å². The average molecular weight is 917 g/mol. The minimum absolute atomic E-state index is 0.360. The molecule has 4 aromatic heterocycles. The number of hydrogen-bond acceptors (Lipinski definition) is 4. The van der Waals surface area contributed by atoms with E-state index in [1.54, 1.807) is 0 Å². The molecule has 0 spiro atoms. The summed E-state index contributed by atoms with van der Waals surface area (Å²) in [5.74, 6) is 0. The summed E-state index contributed by atoms with van der Waals surface area (Å²) in [6.45, 7) is 0. The molecule has 14 rings (SSSR count). The summed E-state index contributed by atoms with van der Waals surface area (Å²) in [5.41, 5.74) is 13.3. The Hall–Kier alpha value is -10.6. The Morgan fingerprint density at radius 1 is 0.208 bits per heavy atom. The van der Waals surface area contributed by atoms with E-state index < -0.39 is 0 Å². The van der Waals surface area contributed by atoms with E-state index >= 15 is 0 Å². The highest BCUT2D eigenvalue weighted by Crippen LogP contribution is 2.41. The van der Waals surface area contributed by atoms with Crippen molar-refractivity contribution in [3.63, 3.8) is 0 Å². The van der Waals surface area contributed by atoms with Crippen molar-refractivity contribution in [2.45, 2.75) is 0 Å². The van der Waals surface area contributed by atoms with Crippen molar-refractivity contribution in [2.24, 2.45) is 0 Å². The molecule has 0 aliphatic rings. The van der Waals surface area contributed by atoms with Crippen LogP contribution in [0.25, 0.3) is 110 Å². The summed E-state index contributed by atoms with van der Waals surface area (Å²) in [5, 5.41) is 48.9. The number of aromatic nitrogens is 4. The van der Waals surface area contributed by atoms with Crippen LogP contribution in [0, 0.1) is 45.3 Å². The maximum absolute atomic E-state index is 9.95. The molecule has 10 aromatic carbocycles. The first-order chi connectivity index (χ1) is 35.6. The summed E-state index contributed by atoms with van der Waals surface area (Å²) < 4.78 is 8.86. The van der Waals surface area contributed by atoms with Crippen molar-refractivity contribution in [3.05, 3.63) is 241 Å². The van der Waals surface area contributed by atoms with Crippen molar-refractivity contribution in [1.82, 2.24) is 18.3 Å². The van der Waals surface area contributed by atoms with Crippen LogP contribution in [-0.2, 0) is 0 Å². The predicted molar refractivity (Wildman–Crippen MR) is 289 cm³/mol. The lowest BCUT2D eigenvalue weighted by Gasteiger charge is -2.18. The molecule has 0 bridgehead atoms. The summed E-state index contributed by atoms with van der Waals surface area (Å²) in [7, 11) is 0. The molecule has 0 amide bonds. The fraction of sp³-hybridized carbons (Fsp3) is 0. The molecule has 332 valence electrons. The number of para-hydroxylation sites is 8. The highest BCUT2D eigenvalue weighted by Gasteiger charge is 2.23. The number of fused-ring (bicyclic) bond motifs is 12. The lowest BCUT2D eigenvalue weighted by atomic mass is 10.1. The highest BCUT2D eigenvalue weighted by molar-refractivity contribution is 6.13. The molecule has 0 atom stereocenters. The zero-order valence-corrected chi connectivity index (χ0v) is 38.4. The molecule has 0 saturated carbocycles. The number of benzene rings is 10. The fourth-order valence-corrected chi connectivity index (χ4v) is 11.0. The highest BCUT2D eigenvalue weighted by atomic mass is 15.1. The van der Waals surface area contributed by atoms with Gasteiger partial charge in [0.05, 0.1) is 89.1 Å². The summed E-state index contributed by atoms with van der Waals surface area (Å²) in [6.07, 6.45) is 0. The molecule has 8 nitrogen and oxygen atoms in total. The van der Waals surface area contributed by atoms with Gasteiger partial charge in [0, 0.05) is 43.1 Å². The van der Waals surface area contributed by atoms with Gasteiger partial charge in [-0.25, -0.2) is 0 Å². The van der Waals surface area contributed by atoms with E-state index in [1.165, 1.54) is 0 Å². The Bertz CT molecular complexity index is 3940. The van der Waals surface area contributed by atoms with Crippen LogP contribution in [-0.4, -0.2) is 18.3 Å². The van der Waals surface area contributed by atoms with Crippen molar-refractivity contribution in [2.75, 3.05) is 0 Å². The van der Waals surface area contributed by atoms with Gasteiger partial charge < -0.3 is 18.3 Å². The SMILES string of the molecule is N#Cc1cc(-n2c3ccccc3c3ccccc32)c(-n2c3ccccc3c3ccccc32)cc1C#N.N#Cc1cc(-n2c3ccccc3c3ccccc32)c(-n2c3ccccc3c3ccccc32)cc1C#N. The minimum atomic E-state index is 0.360. The monoisotopic (exact) mass is 916 g/mol. The smallest absolute Gasteiger partial charge is 0.101 e. The van der Waals surface area contributed by atoms with Gasteiger partial charge in [-0.15, -0.1) is 0 Å². The molecule has 0 saturated heterocycles. The maximum Gasteiger partial charge on any atom is 0.101 e. The molecule has 0 aliphatic heterocycles. The third-order valence-electron chi connectivity index (χ3n) is 14.0. The van der Waals surface area contributed by atoms with Gasteiger partial charge in [0.1, 0.15) is 24.3 Å². The zero-order valence-electron chi connectivity index (χ0n) is 38.4. The Morgan fingerprint density at radius 3 is 0.486 bits per heavy atom. The molecule has 0 radical (unpaired) electrons. The van der Waals surface area contributed by atoms with Crippen molar-refractivity contribution < 1.29 is 0 Å². The maximum atomic E-state index is 9.95. The first kappa shape index (κ1) is 41.5. The molecule has 0 aliphatic carbocycles. The quantitative estimate of drug-likeness (QED) is 0.175. The Kier molecular flexibility index (Phi) is 9.55. The number of nitrogens with zero attached hydrogens (tertiary/aromatic N) is 8. The lowest BCUT2D eigenvalue weighted by molar-refractivity contribution is 1.09.